The Morgan fingerprint density at radius 2 is 2.33 bits per heavy atom. The molecule has 1 heterocycles. The van der Waals surface area contributed by atoms with Crippen LogP contribution in [0.15, 0.2) is 18.2 Å². The van der Waals surface area contributed by atoms with Gasteiger partial charge < -0.3 is 24.6 Å². The van der Waals surface area contributed by atoms with Gasteiger partial charge in [-0.05, 0) is 44.0 Å². The predicted molar refractivity (Wildman–Crippen MR) is 80.8 cm³/mol. The fraction of sp³-hybridized carbons (Fsp3) is 0.625. The van der Waals surface area contributed by atoms with Crippen molar-refractivity contribution in [2.24, 2.45) is 0 Å². The first-order valence-electron chi connectivity index (χ1n) is 7.55. The van der Waals surface area contributed by atoms with E-state index < -0.39 is 0 Å². The van der Waals surface area contributed by atoms with Gasteiger partial charge in [-0.1, -0.05) is 0 Å². The molecule has 1 aromatic carbocycles. The summed E-state index contributed by atoms with van der Waals surface area (Å²) in [6, 6.07) is 5.24. The summed E-state index contributed by atoms with van der Waals surface area (Å²) >= 11 is 0. The number of aromatic hydroxyl groups is 1. The maximum atomic E-state index is 9.76. The molecule has 0 spiro atoms. The van der Waals surface area contributed by atoms with Crippen LogP contribution < -0.4 is 10.1 Å². The van der Waals surface area contributed by atoms with Gasteiger partial charge in [0.25, 0.3) is 0 Å². The molecule has 1 aliphatic heterocycles. The summed E-state index contributed by atoms with van der Waals surface area (Å²) in [4.78, 5) is 0. The van der Waals surface area contributed by atoms with Crippen molar-refractivity contribution >= 4 is 0 Å². The molecule has 0 radical (unpaired) electrons. The lowest BCUT2D eigenvalue weighted by Gasteiger charge is -2.11. The number of hydrogen-bond acceptors (Lipinski definition) is 5. The smallest absolute Gasteiger partial charge is 0.120 e. The Hall–Kier alpha value is -1.30. The third-order valence-electron chi connectivity index (χ3n) is 3.57. The summed E-state index contributed by atoms with van der Waals surface area (Å²) in [5.41, 5.74) is 0.842. The average Bonchev–Trinajstić information content (AvgIpc) is 3.01. The lowest BCUT2D eigenvalue weighted by atomic mass is 10.2. The lowest BCUT2D eigenvalue weighted by Crippen LogP contribution is -2.19. The zero-order valence-corrected chi connectivity index (χ0v) is 12.6. The molecule has 0 aromatic heterocycles. The van der Waals surface area contributed by atoms with E-state index in [1.807, 2.05) is 6.07 Å². The van der Waals surface area contributed by atoms with Gasteiger partial charge in [0.1, 0.15) is 11.5 Å². The minimum atomic E-state index is 0.290. The average molecular weight is 295 g/mol. The van der Waals surface area contributed by atoms with E-state index in [9.17, 15) is 5.11 Å². The van der Waals surface area contributed by atoms with E-state index >= 15 is 0 Å². The summed E-state index contributed by atoms with van der Waals surface area (Å²) in [6.07, 6.45) is 3.51. The van der Waals surface area contributed by atoms with Crippen LogP contribution in [0.1, 0.15) is 24.8 Å². The molecule has 1 aliphatic rings. The number of rotatable bonds is 9. The number of phenolic OH excluding ortho intramolecular Hbond substituents is 1. The van der Waals surface area contributed by atoms with Crippen molar-refractivity contribution in [2.45, 2.75) is 31.9 Å². The highest BCUT2D eigenvalue weighted by atomic mass is 16.5. The quantitative estimate of drug-likeness (QED) is 0.683. The van der Waals surface area contributed by atoms with Crippen LogP contribution in [0.25, 0.3) is 0 Å². The van der Waals surface area contributed by atoms with Gasteiger partial charge in [0.15, 0.2) is 0 Å². The standard InChI is InChI=1S/C16H25NO4/c1-19-14-5-6-16(18)13(10-14)11-17-7-3-8-20-12-15-4-2-9-21-15/h5-6,10,15,17-18H,2-4,7-9,11-12H2,1H3. The van der Waals surface area contributed by atoms with E-state index in [1.54, 1.807) is 19.2 Å². The molecule has 1 unspecified atom stereocenters. The van der Waals surface area contributed by atoms with Crippen LogP contribution in [0.5, 0.6) is 11.5 Å². The van der Waals surface area contributed by atoms with Crippen LogP contribution in [0.4, 0.5) is 0 Å². The second-order valence-electron chi connectivity index (χ2n) is 5.23. The number of phenols is 1. The van der Waals surface area contributed by atoms with Gasteiger partial charge in [-0.25, -0.2) is 0 Å². The molecule has 2 N–H and O–H groups in total. The Morgan fingerprint density at radius 1 is 1.43 bits per heavy atom. The van der Waals surface area contributed by atoms with E-state index in [2.05, 4.69) is 5.32 Å². The highest BCUT2D eigenvalue weighted by Crippen LogP contribution is 2.22. The van der Waals surface area contributed by atoms with Crippen LogP contribution in [0.2, 0.25) is 0 Å². The van der Waals surface area contributed by atoms with Crippen molar-refractivity contribution < 1.29 is 19.3 Å². The molecule has 0 aliphatic carbocycles. The number of ether oxygens (including phenoxy) is 3. The Balaban J connectivity index is 1.55. The number of benzene rings is 1. The summed E-state index contributed by atoms with van der Waals surface area (Å²) in [7, 11) is 1.62. The monoisotopic (exact) mass is 295 g/mol. The first kappa shape index (κ1) is 16.1. The Morgan fingerprint density at radius 3 is 3.10 bits per heavy atom. The summed E-state index contributed by atoms with van der Waals surface area (Å²) in [6.45, 7) is 3.78. The van der Waals surface area contributed by atoms with Crippen LogP contribution in [0.3, 0.4) is 0 Å². The van der Waals surface area contributed by atoms with E-state index in [-0.39, 0.29) is 5.75 Å². The third kappa shape index (κ3) is 5.53. The van der Waals surface area contributed by atoms with Gasteiger partial charge in [0, 0.05) is 25.3 Å². The molecular formula is C16H25NO4. The molecule has 1 aromatic rings. The van der Waals surface area contributed by atoms with Crippen molar-refractivity contribution in [1.29, 1.82) is 0 Å². The molecule has 5 nitrogen and oxygen atoms in total. The molecular weight excluding hydrogens is 270 g/mol. The number of hydrogen-bond donors (Lipinski definition) is 2. The van der Waals surface area contributed by atoms with E-state index in [0.717, 1.165) is 50.3 Å². The van der Waals surface area contributed by atoms with Gasteiger partial charge in [-0.15, -0.1) is 0 Å². The number of methoxy groups -OCH3 is 1. The molecule has 1 fully saturated rings. The van der Waals surface area contributed by atoms with Crippen LogP contribution >= 0.6 is 0 Å². The molecule has 2 rings (SSSR count). The highest BCUT2D eigenvalue weighted by Gasteiger charge is 2.14. The lowest BCUT2D eigenvalue weighted by molar-refractivity contribution is 0.0166. The minimum absolute atomic E-state index is 0.290. The molecule has 5 heteroatoms. The van der Waals surface area contributed by atoms with Crippen molar-refractivity contribution in [3.8, 4) is 11.5 Å². The van der Waals surface area contributed by atoms with Crippen LogP contribution in [-0.2, 0) is 16.0 Å². The fourth-order valence-corrected chi connectivity index (χ4v) is 2.34. The van der Waals surface area contributed by atoms with Gasteiger partial charge in [-0.2, -0.15) is 0 Å². The summed E-state index contributed by atoms with van der Waals surface area (Å²) < 4.78 is 16.2. The van der Waals surface area contributed by atoms with Gasteiger partial charge >= 0.3 is 0 Å². The first-order valence-corrected chi connectivity index (χ1v) is 7.55. The molecule has 21 heavy (non-hydrogen) atoms. The highest BCUT2D eigenvalue weighted by molar-refractivity contribution is 5.39. The van der Waals surface area contributed by atoms with Crippen LogP contribution in [0, 0.1) is 0 Å². The summed E-state index contributed by atoms with van der Waals surface area (Å²) in [5, 5.41) is 13.1. The maximum absolute atomic E-state index is 9.76. The minimum Gasteiger partial charge on any atom is -0.508 e. The fourth-order valence-electron chi connectivity index (χ4n) is 2.34. The van der Waals surface area contributed by atoms with Gasteiger partial charge in [-0.3, -0.25) is 0 Å². The normalized spacial score (nSPS) is 18.0. The van der Waals surface area contributed by atoms with Crippen molar-refractivity contribution in [2.75, 3.05) is 33.5 Å². The van der Waals surface area contributed by atoms with Crippen molar-refractivity contribution in [3.05, 3.63) is 23.8 Å². The van der Waals surface area contributed by atoms with Gasteiger partial charge in [0.2, 0.25) is 0 Å². The molecule has 0 bridgehead atoms. The maximum Gasteiger partial charge on any atom is 0.120 e. The number of nitrogens with one attached hydrogen (secondary N) is 1. The van der Waals surface area contributed by atoms with Crippen LogP contribution in [-0.4, -0.2) is 44.7 Å². The molecule has 1 saturated heterocycles. The topological polar surface area (TPSA) is 60.0 Å². The van der Waals surface area contributed by atoms with Crippen molar-refractivity contribution in [3.63, 3.8) is 0 Å². The van der Waals surface area contributed by atoms with E-state index in [0.29, 0.717) is 19.3 Å². The molecule has 0 saturated carbocycles. The zero-order valence-electron chi connectivity index (χ0n) is 12.6. The molecule has 1 atom stereocenters. The molecule has 118 valence electrons. The largest absolute Gasteiger partial charge is 0.508 e. The van der Waals surface area contributed by atoms with E-state index in [1.165, 1.54) is 0 Å². The molecule has 0 amide bonds. The second-order valence-corrected chi connectivity index (χ2v) is 5.23. The predicted octanol–water partition coefficient (Wildman–Crippen LogP) is 2.08. The first-order chi connectivity index (χ1) is 10.3. The second kappa shape index (κ2) is 8.87. The van der Waals surface area contributed by atoms with Crippen molar-refractivity contribution in [1.82, 2.24) is 5.32 Å². The third-order valence-corrected chi connectivity index (χ3v) is 3.57. The zero-order chi connectivity index (χ0) is 14.9. The Bertz CT molecular complexity index is 419. The SMILES string of the molecule is COc1ccc(O)c(CNCCCOCC2CCCO2)c1. The Labute approximate surface area is 126 Å². The van der Waals surface area contributed by atoms with Gasteiger partial charge in [0.05, 0.1) is 19.8 Å². The Kier molecular flexibility index (Phi) is 6.79. The van der Waals surface area contributed by atoms with E-state index in [4.69, 9.17) is 14.2 Å². The summed E-state index contributed by atoms with van der Waals surface area (Å²) in [5.74, 6) is 1.04.